The highest BCUT2D eigenvalue weighted by Gasteiger charge is 2.17. The van der Waals surface area contributed by atoms with Gasteiger partial charge in [0.2, 0.25) is 0 Å². The summed E-state index contributed by atoms with van der Waals surface area (Å²) >= 11 is 3.30. The SMILES string of the molecule is Fc1ccc(-c2nc3ccc(Br)cc3[nH]2)c(F)c1F. The van der Waals surface area contributed by atoms with Crippen molar-refractivity contribution >= 4 is 27.0 Å². The topological polar surface area (TPSA) is 28.7 Å². The van der Waals surface area contributed by atoms with Crippen LogP contribution >= 0.6 is 15.9 Å². The van der Waals surface area contributed by atoms with E-state index in [1.165, 1.54) is 0 Å². The smallest absolute Gasteiger partial charge is 0.195 e. The summed E-state index contributed by atoms with van der Waals surface area (Å²) in [6.45, 7) is 0. The molecule has 0 aliphatic rings. The van der Waals surface area contributed by atoms with E-state index in [9.17, 15) is 13.2 Å². The van der Waals surface area contributed by atoms with Crippen molar-refractivity contribution in [2.24, 2.45) is 0 Å². The lowest BCUT2D eigenvalue weighted by molar-refractivity contribution is 0.448. The van der Waals surface area contributed by atoms with Gasteiger partial charge in [0, 0.05) is 4.47 Å². The highest BCUT2D eigenvalue weighted by atomic mass is 79.9. The first-order valence-electron chi connectivity index (χ1n) is 5.35. The van der Waals surface area contributed by atoms with Crippen LogP contribution in [0.2, 0.25) is 0 Å². The van der Waals surface area contributed by atoms with E-state index in [2.05, 4.69) is 25.9 Å². The van der Waals surface area contributed by atoms with E-state index < -0.39 is 17.5 Å². The van der Waals surface area contributed by atoms with Crippen molar-refractivity contribution in [3.8, 4) is 11.4 Å². The molecular formula is C13H6BrF3N2. The molecule has 96 valence electrons. The van der Waals surface area contributed by atoms with Crippen LogP contribution in [0.25, 0.3) is 22.4 Å². The third kappa shape index (κ3) is 2.02. The van der Waals surface area contributed by atoms with Crippen LogP contribution < -0.4 is 0 Å². The lowest BCUT2D eigenvalue weighted by Crippen LogP contribution is -1.94. The Morgan fingerprint density at radius 3 is 2.58 bits per heavy atom. The number of halogens is 4. The Morgan fingerprint density at radius 1 is 1.00 bits per heavy atom. The number of nitrogens with zero attached hydrogens (tertiary/aromatic N) is 1. The average Bonchev–Trinajstić information content (AvgIpc) is 2.78. The van der Waals surface area contributed by atoms with Crippen LogP contribution in [0.5, 0.6) is 0 Å². The number of rotatable bonds is 1. The number of fused-ring (bicyclic) bond motifs is 1. The van der Waals surface area contributed by atoms with E-state index in [1.807, 2.05) is 0 Å². The minimum Gasteiger partial charge on any atom is -0.338 e. The number of imidazole rings is 1. The molecule has 1 aromatic heterocycles. The van der Waals surface area contributed by atoms with Crippen molar-refractivity contribution in [1.29, 1.82) is 0 Å². The van der Waals surface area contributed by atoms with E-state index in [1.54, 1.807) is 18.2 Å². The number of hydrogen-bond acceptors (Lipinski definition) is 1. The summed E-state index contributed by atoms with van der Waals surface area (Å²) in [5.74, 6) is -3.82. The van der Waals surface area contributed by atoms with Gasteiger partial charge in [-0.15, -0.1) is 0 Å². The monoisotopic (exact) mass is 326 g/mol. The first kappa shape index (κ1) is 12.2. The van der Waals surface area contributed by atoms with Crippen molar-refractivity contribution in [3.63, 3.8) is 0 Å². The minimum atomic E-state index is -1.50. The lowest BCUT2D eigenvalue weighted by Gasteiger charge is -2.00. The van der Waals surface area contributed by atoms with E-state index in [-0.39, 0.29) is 11.4 Å². The molecule has 0 spiro atoms. The van der Waals surface area contributed by atoms with Gasteiger partial charge in [-0.1, -0.05) is 15.9 Å². The first-order valence-corrected chi connectivity index (χ1v) is 6.14. The highest BCUT2D eigenvalue weighted by molar-refractivity contribution is 9.10. The number of hydrogen-bond donors (Lipinski definition) is 1. The van der Waals surface area contributed by atoms with Gasteiger partial charge in [-0.05, 0) is 30.3 Å². The summed E-state index contributed by atoms with van der Waals surface area (Å²) in [4.78, 5) is 7.02. The van der Waals surface area contributed by atoms with Crippen LogP contribution in [0, 0.1) is 17.5 Å². The summed E-state index contributed by atoms with van der Waals surface area (Å²) in [7, 11) is 0. The Morgan fingerprint density at radius 2 is 1.79 bits per heavy atom. The molecule has 0 amide bonds. The molecule has 0 saturated heterocycles. The molecule has 0 fully saturated rings. The summed E-state index contributed by atoms with van der Waals surface area (Å²) in [6.07, 6.45) is 0. The highest BCUT2D eigenvalue weighted by Crippen LogP contribution is 2.26. The van der Waals surface area contributed by atoms with E-state index in [0.29, 0.717) is 11.0 Å². The normalized spacial score (nSPS) is 11.2. The summed E-state index contributed by atoms with van der Waals surface area (Å²) < 4.78 is 40.6. The quantitative estimate of drug-likeness (QED) is 0.659. The maximum Gasteiger partial charge on any atom is 0.195 e. The predicted octanol–water partition coefficient (Wildman–Crippen LogP) is 4.41. The molecule has 19 heavy (non-hydrogen) atoms. The van der Waals surface area contributed by atoms with Gasteiger partial charge >= 0.3 is 0 Å². The second-order valence-corrected chi connectivity index (χ2v) is 4.89. The zero-order valence-electron chi connectivity index (χ0n) is 9.35. The Kier molecular flexibility index (Phi) is 2.82. The van der Waals surface area contributed by atoms with E-state index in [0.717, 1.165) is 16.6 Å². The Bertz CT molecular complexity index is 783. The van der Waals surface area contributed by atoms with Crippen LogP contribution in [0.4, 0.5) is 13.2 Å². The number of H-pyrrole nitrogens is 1. The molecule has 3 aromatic rings. The molecular weight excluding hydrogens is 321 g/mol. The van der Waals surface area contributed by atoms with Crippen LogP contribution in [0.1, 0.15) is 0 Å². The number of benzene rings is 2. The standard InChI is InChI=1S/C13H6BrF3N2/c14-6-1-4-9-10(5-6)19-13(18-9)7-2-3-8(15)12(17)11(7)16/h1-5H,(H,18,19). The fourth-order valence-electron chi connectivity index (χ4n) is 1.82. The average molecular weight is 327 g/mol. The lowest BCUT2D eigenvalue weighted by atomic mass is 10.2. The van der Waals surface area contributed by atoms with Gasteiger partial charge in [0.1, 0.15) is 5.82 Å². The molecule has 3 rings (SSSR count). The Balaban J connectivity index is 2.22. The molecule has 0 aliphatic carbocycles. The molecule has 1 heterocycles. The van der Waals surface area contributed by atoms with Crippen LogP contribution in [-0.2, 0) is 0 Å². The predicted molar refractivity (Wildman–Crippen MR) is 69.1 cm³/mol. The molecule has 0 radical (unpaired) electrons. The van der Waals surface area contributed by atoms with Gasteiger partial charge in [-0.3, -0.25) is 0 Å². The summed E-state index contributed by atoms with van der Waals surface area (Å²) in [5, 5.41) is 0. The van der Waals surface area contributed by atoms with Crippen molar-refractivity contribution in [1.82, 2.24) is 9.97 Å². The third-order valence-corrected chi connectivity index (χ3v) is 3.23. The van der Waals surface area contributed by atoms with Crippen LogP contribution in [-0.4, -0.2) is 9.97 Å². The van der Waals surface area contributed by atoms with Crippen molar-refractivity contribution in [3.05, 3.63) is 52.3 Å². The second kappa shape index (κ2) is 4.38. The van der Waals surface area contributed by atoms with Gasteiger partial charge in [-0.25, -0.2) is 18.2 Å². The molecule has 0 atom stereocenters. The second-order valence-electron chi connectivity index (χ2n) is 3.97. The van der Waals surface area contributed by atoms with Crippen LogP contribution in [0.15, 0.2) is 34.8 Å². The fraction of sp³-hybridized carbons (Fsp3) is 0. The molecule has 0 saturated carbocycles. The Labute approximate surface area is 114 Å². The molecule has 0 aliphatic heterocycles. The fourth-order valence-corrected chi connectivity index (χ4v) is 2.18. The number of aromatic nitrogens is 2. The zero-order valence-corrected chi connectivity index (χ0v) is 10.9. The zero-order chi connectivity index (χ0) is 13.6. The molecule has 0 bridgehead atoms. The molecule has 1 N–H and O–H groups in total. The summed E-state index contributed by atoms with van der Waals surface area (Å²) in [6, 6.07) is 7.31. The van der Waals surface area contributed by atoms with Gasteiger partial charge in [0.15, 0.2) is 17.5 Å². The van der Waals surface area contributed by atoms with Gasteiger partial charge in [0.05, 0.1) is 16.6 Å². The van der Waals surface area contributed by atoms with Gasteiger partial charge in [0.25, 0.3) is 0 Å². The third-order valence-electron chi connectivity index (χ3n) is 2.73. The maximum absolute atomic E-state index is 13.7. The van der Waals surface area contributed by atoms with Crippen molar-refractivity contribution < 1.29 is 13.2 Å². The molecule has 2 aromatic carbocycles. The molecule has 2 nitrogen and oxygen atoms in total. The van der Waals surface area contributed by atoms with E-state index >= 15 is 0 Å². The first-order chi connectivity index (χ1) is 9.06. The maximum atomic E-state index is 13.7. The number of aromatic amines is 1. The van der Waals surface area contributed by atoms with Crippen molar-refractivity contribution in [2.45, 2.75) is 0 Å². The Hall–Kier alpha value is -1.82. The minimum absolute atomic E-state index is 0.105. The largest absolute Gasteiger partial charge is 0.338 e. The number of nitrogens with one attached hydrogen (secondary N) is 1. The van der Waals surface area contributed by atoms with Gasteiger partial charge < -0.3 is 4.98 Å². The van der Waals surface area contributed by atoms with Crippen molar-refractivity contribution in [2.75, 3.05) is 0 Å². The summed E-state index contributed by atoms with van der Waals surface area (Å²) in [5.41, 5.74) is 1.18. The van der Waals surface area contributed by atoms with Crippen LogP contribution in [0.3, 0.4) is 0 Å². The molecule has 6 heteroatoms. The van der Waals surface area contributed by atoms with Gasteiger partial charge in [-0.2, -0.15) is 0 Å². The molecule has 0 unspecified atom stereocenters. The van der Waals surface area contributed by atoms with E-state index in [4.69, 9.17) is 0 Å².